The molecule has 2 aromatic rings. The van der Waals surface area contributed by atoms with Crippen molar-refractivity contribution in [3.8, 4) is 0 Å². The molecular formula is C16H15FN2O. The number of benzene rings is 2. The first-order valence-corrected chi connectivity index (χ1v) is 6.44. The summed E-state index contributed by atoms with van der Waals surface area (Å²) < 4.78 is 13.1. The van der Waals surface area contributed by atoms with E-state index in [9.17, 15) is 9.18 Å². The summed E-state index contributed by atoms with van der Waals surface area (Å²) in [5, 5.41) is 0. The molecule has 0 saturated heterocycles. The zero-order valence-corrected chi connectivity index (χ0v) is 11.4. The first-order chi connectivity index (χ1) is 9.59. The number of para-hydroxylation sites is 1. The molecular weight excluding hydrogens is 255 g/mol. The number of anilines is 1. The molecule has 1 heterocycles. The van der Waals surface area contributed by atoms with Gasteiger partial charge in [0.1, 0.15) is 12.0 Å². The molecule has 1 aliphatic heterocycles. The van der Waals surface area contributed by atoms with Crippen LogP contribution in [-0.4, -0.2) is 24.9 Å². The lowest BCUT2D eigenvalue weighted by Gasteiger charge is -2.42. The standard InChI is InChI=1S/C16H15FN2O/c1-18-14-6-4-3-5-13(14)16(20)19(2)15(18)11-7-9-12(17)10-8-11/h3-10,15H,1-2H3/t15-/m1/s1. The van der Waals surface area contributed by atoms with Crippen LogP contribution >= 0.6 is 0 Å². The van der Waals surface area contributed by atoms with E-state index < -0.39 is 0 Å². The molecule has 3 rings (SSSR count). The Morgan fingerprint density at radius 3 is 2.30 bits per heavy atom. The molecule has 1 atom stereocenters. The van der Waals surface area contributed by atoms with E-state index in [2.05, 4.69) is 0 Å². The monoisotopic (exact) mass is 270 g/mol. The largest absolute Gasteiger partial charge is 0.350 e. The van der Waals surface area contributed by atoms with Crippen LogP contribution in [0.1, 0.15) is 22.1 Å². The highest BCUT2D eigenvalue weighted by Gasteiger charge is 2.34. The fraction of sp³-hybridized carbons (Fsp3) is 0.188. The number of halogens is 1. The van der Waals surface area contributed by atoms with Gasteiger partial charge in [-0.15, -0.1) is 0 Å². The Morgan fingerprint density at radius 1 is 0.950 bits per heavy atom. The van der Waals surface area contributed by atoms with E-state index in [0.717, 1.165) is 11.3 Å². The van der Waals surface area contributed by atoms with Gasteiger partial charge in [-0.05, 0) is 29.8 Å². The summed E-state index contributed by atoms with van der Waals surface area (Å²) in [5.41, 5.74) is 2.47. The lowest BCUT2D eigenvalue weighted by atomic mass is 10.0. The summed E-state index contributed by atoms with van der Waals surface area (Å²) in [6.45, 7) is 0. The fourth-order valence-corrected chi connectivity index (χ4v) is 2.74. The summed E-state index contributed by atoms with van der Waals surface area (Å²) in [7, 11) is 3.71. The Balaban J connectivity index is 2.09. The van der Waals surface area contributed by atoms with Gasteiger partial charge in [0.15, 0.2) is 0 Å². The molecule has 1 aliphatic rings. The Kier molecular flexibility index (Phi) is 2.93. The quantitative estimate of drug-likeness (QED) is 0.795. The van der Waals surface area contributed by atoms with Crippen molar-refractivity contribution in [2.45, 2.75) is 6.17 Å². The Labute approximate surface area is 117 Å². The minimum Gasteiger partial charge on any atom is -0.350 e. The number of carbonyl (C=O) groups is 1. The van der Waals surface area contributed by atoms with Crippen LogP contribution in [0.25, 0.3) is 0 Å². The van der Waals surface area contributed by atoms with Crippen molar-refractivity contribution in [1.82, 2.24) is 4.90 Å². The van der Waals surface area contributed by atoms with Crippen LogP contribution in [0.5, 0.6) is 0 Å². The van der Waals surface area contributed by atoms with Crippen molar-refractivity contribution in [2.75, 3.05) is 19.0 Å². The summed E-state index contributed by atoms with van der Waals surface area (Å²) >= 11 is 0. The lowest BCUT2D eigenvalue weighted by molar-refractivity contribution is 0.0711. The van der Waals surface area contributed by atoms with Gasteiger partial charge in [-0.3, -0.25) is 4.79 Å². The third kappa shape index (κ3) is 1.84. The molecule has 0 fully saturated rings. The molecule has 0 aromatic heterocycles. The zero-order valence-electron chi connectivity index (χ0n) is 11.4. The van der Waals surface area contributed by atoms with E-state index in [0.29, 0.717) is 5.56 Å². The highest BCUT2D eigenvalue weighted by atomic mass is 19.1. The molecule has 0 spiro atoms. The van der Waals surface area contributed by atoms with Crippen molar-refractivity contribution >= 4 is 11.6 Å². The average molecular weight is 270 g/mol. The molecule has 4 heteroatoms. The van der Waals surface area contributed by atoms with Crippen molar-refractivity contribution in [3.63, 3.8) is 0 Å². The summed E-state index contributed by atoms with van der Waals surface area (Å²) in [6.07, 6.45) is -0.224. The third-order valence-corrected chi connectivity index (χ3v) is 3.74. The van der Waals surface area contributed by atoms with Crippen molar-refractivity contribution in [1.29, 1.82) is 0 Å². The highest BCUT2D eigenvalue weighted by molar-refractivity contribution is 6.01. The maximum Gasteiger partial charge on any atom is 0.257 e. The van der Waals surface area contributed by atoms with Gasteiger partial charge in [-0.2, -0.15) is 0 Å². The SMILES string of the molecule is CN1C(=O)c2ccccc2N(C)[C@H]1c1ccc(F)cc1. The van der Waals surface area contributed by atoms with E-state index in [1.165, 1.54) is 12.1 Å². The second kappa shape index (κ2) is 4.63. The Bertz CT molecular complexity index is 654. The number of carbonyl (C=O) groups excluding carboxylic acids is 1. The number of hydrogen-bond acceptors (Lipinski definition) is 2. The van der Waals surface area contributed by atoms with Gasteiger partial charge >= 0.3 is 0 Å². The van der Waals surface area contributed by atoms with Crippen LogP contribution in [-0.2, 0) is 0 Å². The summed E-state index contributed by atoms with van der Waals surface area (Å²) in [4.78, 5) is 16.1. The molecule has 0 unspecified atom stereocenters. The minimum absolute atomic E-state index is 0.0203. The van der Waals surface area contributed by atoms with E-state index in [1.54, 1.807) is 24.1 Å². The Morgan fingerprint density at radius 2 is 1.60 bits per heavy atom. The highest BCUT2D eigenvalue weighted by Crippen LogP contribution is 2.36. The van der Waals surface area contributed by atoms with E-state index in [-0.39, 0.29) is 17.9 Å². The predicted octanol–water partition coefficient (Wildman–Crippen LogP) is 3.05. The number of nitrogens with zero attached hydrogens (tertiary/aromatic N) is 2. The number of hydrogen-bond donors (Lipinski definition) is 0. The van der Waals surface area contributed by atoms with E-state index in [1.807, 2.05) is 36.2 Å². The summed E-state index contributed by atoms with van der Waals surface area (Å²) in [6, 6.07) is 13.8. The predicted molar refractivity (Wildman–Crippen MR) is 76.1 cm³/mol. The molecule has 2 aromatic carbocycles. The molecule has 0 N–H and O–H groups in total. The van der Waals surface area contributed by atoms with Crippen molar-refractivity contribution < 1.29 is 9.18 Å². The van der Waals surface area contributed by atoms with Gasteiger partial charge in [-0.1, -0.05) is 24.3 Å². The number of rotatable bonds is 1. The van der Waals surface area contributed by atoms with Crippen LogP contribution in [0, 0.1) is 5.82 Å². The first kappa shape index (κ1) is 12.7. The van der Waals surface area contributed by atoms with E-state index >= 15 is 0 Å². The van der Waals surface area contributed by atoms with Gasteiger partial charge in [0.05, 0.1) is 11.3 Å². The topological polar surface area (TPSA) is 23.6 Å². The molecule has 102 valence electrons. The molecule has 0 bridgehead atoms. The molecule has 3 nitrogen and oxygen atoms in total. The first-order valence-electron chi connectivity index (χ1n) is 6.44. The molecule has 0 saturated carbocycles. The Hall–Kier alpha value is -2.36. The third-order valence-electron chi connectivity index (χ3n) is 3.74. The molecule has 0 radical (unpaired) electrons. The second-order valence-corrected chi connectivity index (χ2v) is 4.97. The average Bonchev–Trinajstić information content (AvgIpc) is 2.47. The molecule has 1 amide bonds. The number of amides is 1. The van der Waals surface area contributed by atoms with Crippen LogP contribution in [0.4, 0.5) is 10.1 Å². The maximum atomic E-state index is 13.1. The van der Waals surface area contributed by atoms with Crippen LogP contribution in [0.2, 0.25) is 0 Å². The van der Waals surface area contributed by atoms with Gasteiger partial charge in [-0.25, -0.2) is 4.39 Å². The minimum atomic E-state index is -0.276. The van der Waals surface area contributed by atoms with E-state index in [4.69, 9.17) is 0 Å². The van der Waals surface area contributed by atoms with Crippen LogP contribution in [0.15, 0.2) is 48.5 Å². The van der Waals surface area contributed by atoms with Crippen molar-refractivity contribution in [3.05, 3.63) is 65.5 Å². The van der Waals surface area contributed by atoms with Gasteiger partial charge < -0.3 is 9.80 Å². The normalized spacial score (nSPS) is 18.1. The zero-order chi connectivity index (χ0) is 14.3. The number of fused-ring (bicyclic) bond motifs is 1. The smallest absolute Gasteiger partial charge is 0.257 e. The van der Waals surface area contributed by atoms with Gasteiger partial charge in [0.2, 0.25) is 0 Å². The van der Waals surface area contributed by atoms with Crippen molar-refractivity contribution in [2.24, 2.45) is 0 Å². The van der Waals surface area contributed by atoms with Gasteiger partial charge in [0.25, 0.3) is 5.91 Å². The molecule has 0 aliphatic carbocycles. The molecule has 20 heavy (non-hydrogen) atoms. The lowest BCUT2D eigenvalue weighted by Crippen LogP contribution is -2.45. The fourth-order valence-electron chi connectivity index (χ4n) is 2.74. The summed E-state index contributed by atoms with van der Waals surface area (Å²) in [5.74, 6) is -0.297. The van der Waals surface area contributed by atoms with Crippen LogP contribution in [0.3, 0.4) is 0 Å². The van der Waals surface area contributed by atoms with Crippen LogP contribution < -0.4 is 4.90 Å². The second-order valence-electron chi connectivity index (χ2n) is 4.97. The maximum absolute atomic E-state index is 13.1. The van der Waals surface area contributed by atoms with Gasteiger partial charge in [0, 0.05) is 14.1 Å².